The molecule has 25 heavy (non-hydrogen) atoms. The van der Waals surface area contributed by atoms with Crippen LogP contribution in [0.1, 0.15) is 5.56 Å². The zero-order chi connectivity index (χ0) is 17.3. The molecule has 3 rings (SSSR count). The molecule has 3 aromatic rings. The molecule has 0 aliphatic heterocycles. The summed E-state index contributed by atoms with van der Waals surface area (Å²) in [5.41, 5.74) is 3.49. The number of halogens is 1. The highest BCUT2D eigenvalue weighted by atomic mass is 79.9. The van der Waals surface area contributed by atoms with Crippen LogP contribution in [0, 0.1) is 0 Å². The maximum Gasteiger partial charge on any atom is 0.133 e. The van der Waals surface area contributed by atoms with Gasteiger partial charge in [-0.3, -0.25) is 4.98 Å². The van der Waals surface area contributed by atoms with Crippen molar-refractivity contribution in [1.82, 2.24) is 10.3 Å². The molecule has 0 radical (unpaired) electrons. The first-order chi connectivity index (χ1) is 12.4. The number of benzene rings is 2. The SMILES string of the molecule is BrSc1ccccc1OCCNCc1cncc(-c2ccccc2)c1. The van der Waals surface area contributed by atoms with Gasteiger partial charge in [0.15, 0.2) is 0 Å². The number of hydrogen-bond donors (Lipinski definition) is 1. The second-order valence-corrected chi connectivity index (χ2v) is 7.06. The minimum absolute atomic E-state index is 0.621. The van der Waals surface area contributed by atoms with Crippen LogP contribution in [-0.4, -0.2) is 18.1 Å². The molecule has 0 unspecified atom stereocenters. The molecule has 1 N–H and O–H groups in total. The van der Waals surface area contributed by atoms with Crippen molar-refractivity contribution in [3.63, 3.8) is 0 Å². The molecular formula is C20H19BrN2OS. The Morgan fingerprint density at radius 3 is 2.60 bits per heavy atom. The van der Waals surface area contributed by atoms with Crippen LogP contribution < -0.4 is 10.1 Å². The zero-order valence-electron chi connectivity index (χ0n) is 13.7. The van der Waals surface area contributed by atoms with Crippen LogP contribution >= 0.6 is 25.0 Å². The first-order valence-corrected chi connectivity index (χ1v) is 10.7. The molecule has 0 amide bonds. The molecule has 2 aromatic carbocycles. The van der Waals surface area contributed by atoms with E-state index < -0.39 is 0 Å². The van der Waals surface area contributed by atoms with Crippen LogP contribution in [0.4, 0.5) is 0 Å². The molecule has 0 spiro atoms. The highest BCUT2D eigenvalue weighted by Gasteiger charge is 2.02. The highest BCUT2D eigenvalue weighted by Crippen LogP contribution is 2.32. The van der Waals surface area contributed by atoms with Crippen molar-refractivity contribution in [2.45, 2.75) is 11.4 Å². The molecule has 3 nitrogen and oxygen atoms in total. The predicted octanol–water partition coefficient (Wildman–Crippen LogP) is 5.32. The minimum atomic E-state index is 0.621. The fourth-order valence-electron chi connectivity index (χ4n) is 2.47. The first-order valence-electron chi connectivity index (χ1n) is 8.07. The lowest BCUT2D eigenvalue weighted by Crippen LogP contribution is -2.20. The fourth-order valence-corrected chi connectivity index (χ4v) is 3.61. The topological polar surface area (TPSA) is 34.1 Å². The van der Waals surface area contributed by atoms with Gasteiger partial charge in [0.1, 0.15) is 12.4 Å². The second-order valence-electron chi connectivity index (χ2n) is 5.50. The molecule has 128 valence electrons. The summed E-state index contributed by atoms with van der Waals surface area (Å²) < 4.78 is 5.83. The fraction of sp³-hybridized carbons (Fsp3) is 0.150. The van der Waals surface area contributed by atoms with Crippen LogP contribution in [0.3, 0.4) is 0 Å². The van der Waals surface area contributed by atoms with Crippen molar-refractivity contribution in [2.24, 2.45) is 0 Å². The Morgan fingerprint density at radius 1 is 0.960 bits per heavy atom. The molecule has 0 aliphatic carbocycles. The van der Waals surface area contributed by atoms with Gasteiger partial charge >= 0.3 is 0 Å². The summed E-state index contributed by atoms with van der Waals surface area (Å²) in [5.74, 6) is 0.902. The number of pyridine rings is 1. The van der Waals surface area contributed by atoms with Crippen molar-refractivity contribution in [3.05, 3.63) is 78.6 Å². The number of nitrogens with zero attached hydrogens (tertiary/aromatic N) is 1. The van der Waals surface area contributed by atoms with E-state index in [4.69, 9.17) is 4.74 Å². The van der Waals surface area contributed by atoms with E-state index in [-0.39, 0.29) is 0 Å². The summed E-state index contributed by atoms with van der Waals surface area (Å²) >= 11 is 3.40. The van der Waals surface area contributed by atoms with Gasteiger partial charge < -0.3 is 10.1 Å². The van der Waals surface area contributed by atoms with Gasteiger partial charge in [0.2, 0.25) is 0 Å². The number of nitrogens with one attached hydrogen (secondary N) is 1. The quantitative estimate of drug-likeness (QED) is 0.505. The van der Waals surface area contributed by atoms with E-state index in [1.807, 2.05) is 54.9 Å². The molecule has 0 atom stereocenters. The summed E-state index contributed by atoms with van der Waals surface area (Å²) in [6.45, 7) is 2.17. The standard InChI is InChI=1S/C20H19BrN2OS/c21-25-20-9-5-4-8-19(20)24-11-10-22-13-16-12-18(15-23-14-16)17-6-2-1-3-7-17/h1-9,12,14-15,22H,10-11,13H2. The summed E-state index contributed by atoms with van der Waals surface area (Å²) in [6, 6.07) is 20.5. The van der Waals surface area contributed by atoms with E-state index in [0.717, 1.165) is 34.9 Å². The van der Waals surface area contributed by atoms with Crippen molar-refractivity contribution in [3.8, 4) is 16.9 Å². The van der Waals surface area contributed by atoms with Crippen LogP contribution in [0.25, 0.3) is 11.1 Å². The Labute approximate surface area is 160 Å². The Bertz CT molecular complexity index is 798. The highest BCUT2D eigenvalue weighted by molar-refractivity contribution is 9.50. The van der Waals surface area contributed by atoms with Crippen molar-refractivity contribution < 1.29 is 4.74 Å². The number of ether oxygens (including phenoxy) is 1. The van der Waals surface area contributed by atoms with Gasteiger partial charge in [0.05, 0.1) is 4.90 Å². The average molecular weight is 415 g/mol. The predicted molar refractivity (Wildman–Crippen MR) is 108 cm³/mol. The minimum Gasteiger partial charge on any atom is -0.491 e. The van der Waals surface area contributed by atoms with E-state index in [0.29, 0.717) is 6.61 Å². The lowest BCUT2D eigenvalue weighted by atomic mass is 10.1. The van der Waals surface area contributed by atoms with Crippen molar-refractivity contribution >= 4 is 25.0 Å². The smallest absolute Gasteiger partial charge is 0.133 e. The molecule has 1 aromatic heterocycles. The molecular weight excluding hydrogens is 396 g/mol. The molecule has 0 saturated carbocycles. The third-order valence-electron chi connectivity index (χ3n) is 3.70. The molecule has 5 heteroatoms. The summed E-state index contributed by atoms with van der Waals surface area (Å²) in [7, 11) is 1.51. The number of rotatable bonds is 8. The van der Waals surface area contributed by atoms with Gasteiger partial charge in [-0.2, -0.15) is 0 Å². The van der Waals surface area contributed by atoms with Gasteiger partial charge in [-0.15, -0.1) is 0 Å². The van der Waals surface area contributed by atoms with E-state index in [2.05, 4.69) is 43.3 Å². The Hall–Kier alpha value is -1.82. The first kappa shape index (κ1) is 18.0. The van der Waals surface area contributed by atoms with E-state index >= 15 is 0 Å². The normalized spacial score (nSPS) is 10.6. The zero-order valence-corrected chi connectivity index (χ0v) is 16.1. The monoisotopic (exact) mass is 414 g/mol. The molecule has 0 fully saturated rings. The summed E-state index contributed by atoms with van der Waals surface area (Å²) in [6.07, 6.45) is 3.80. The average Bonchev–Trinajstić information content (AvgIpc) is 2.69. The lowest BCUT2D eigenvalue weighted by molar-refractivity contribution is 0.307. The van der Waals surface area contributed by atoms with Gasteiger partial charge in [-0.05, 0) is 54.3 Å². The molecule has 0 bridgehead atoms. The van der Waals surface area contributed by atoms with Gasteiger partial charge in [0.25, 0.3) is 0 Å². The Morgan fingerprint density at radius 2 is 1.76 bits per heavy atom. The van der Waals surface area contributed by atoms with Crippen LogP contribution in [-0.2, 0) is 6.54 Å². The molecule has 0 saturated heterocycles. The Balaban J connectivity index is 1.48. The number of aromatic nitrogens is 1. The van der Waals surface area contributed by atoms with Crippen LogP contribution in [0.5, 0.6) is 5.75 Å². The van der Waals surface area contributed by atoms with E-state index in [9.17, 15) is 0 Å². The summed E-state index contributed by atoms with van der Waals surface area (Å²) in [5, 5.41) is 3.40. The van der Waals surface area contributed by atoms with E-state index in [1.165, 1.54) is 15.8 Å². The summed E-state index contributed by atoms with van der Waals surface area (Å²) in [4.78, 5) is 5.44. The van der Waals surface area contributed by atoms with Crippen molar-refractivity contribution in [2.75, 3.05) is 13.2 Å². The van der Waals surface area contributed by atoms with Crippen LogP contribution in [0.15, 0.2) is 78.0 Å². The number of para-hydroxylation sites is 1. The van der Waals surface area contributed by atoms with Gasteiger partial charge in [-0.25, -0.2) is 0 Å². The largest absolute Gasteiger partial charge is 0.491 e. The third kappa shape index (κ3) is 5.33. The van der Waals surface area contributed by atoms with Gasteiger partial charge in [0, 0.05) is 31.0 Å². The second kappa shape index (κ2) is 9.61. The Kier molecular flexibility index (Phi) is 6.91. The van der Waals surface area contributed by atoms with Crippen LogP contribution in [0.2, 0.25) is 0 Å². The van der Waals surface area contributed by atoms with E-state index in [1.54, 1.807) is 0 Å². The van der Waals surface area contributed by atoms with Crippen molar-refractivity contribution in [1.29, 1.82) is 0 Å². The molecule has 1 heterocycles. The molecule has 0 aliphatic rings. The lowest BCUT2D eigenvalue weighted by Gasteiger charge is -2.10. The third-order valence-corrected chi connectivity index (χ3v) is 5.25. The number of hydrogen-bond acceptors (Lipinski definition) is 4. The maximum atomic E-state index is 5.83. The van der Waals surface area contributed by atoms with Gasteiger partial charge in [-0.1, -0.05) is 42.5 Å². The maximum absolute atomic E-state index is 5.83.